The third-order valence-corrected chi connectivity index (χ3v) is 5.94. The zero-order valence-corrected chi connectivity index (χ0v) is 15.0. The zero-order chi connectivity index (χ0) is 16.8. The maximum Gasteiger partial charge on any atom is 0.230 e. The summed E-state index contributed by atoms with van der Waals surface area (Å²) >= 11 is 1.40. The molecule has 2 aliphatic rings. The maximum absolute atomic E-state index is 12.2. The van der Waals surface area contributed by atoms with Gasteiger partial charge >= 0.3 is 0 Å². The fraction of sp³-hybridized carbons (Fsp3) is 0.632. The Morgan fingerprint density at radius 1 is 1.21 bits per heavy atom. The van der Waals surface area contributed by atoms with Gasteiger partial charge in [-0.25, -0.2) is 4.98 Å². The molecular weight excluding hydrogens is 318 g/mol. The molecule has 1 fully saturated rings. The van der Waals surface area contributed by atoms with Gasteiger partial charge in [0.05, 0.1) is 11.3 Å². The Bertz CT molecular complexity index is 632. The van der Waals surface area contributed by atoms with E-state index in [4.69, 9.17) is 4.98 Å². The second kappa shape index (κ2) is 8.53. The standard InChI is InChI=1S/C19H25N3OS/c20-12-15-11-14-7-3-1-6-10-17(14)22-19(15)24-13-18(23)21-16-8-4-2-5-9-16/h11,16H,1-10,13H2,(H,21,23). The van der Waals surface area contributed by atoms with Crippen molar-refractivity contribution in [3.63, 3.8) is 0 Å². The van der Waals surface area contributed by atoms with Gasteiger partial charge in [-0.2, -0.15) is 5.26 Å². The summed E-state index contributed by atoms with van der Waals surface area (Å²) in [5, 5.41) is 13.3. The molecule has 0 radical (unpaired) electrons. The summed E-state index contributed by atoms with van der Waals surface area (Å²) in [6, 6.07) is 4.59. The number of nitrogens with zero attached hydrogens (tertiary/aromatic N) is 2. The van der Waals surface area contributed by atoms with E-state index >= 15 is 0 Å². The average Bonchev–Trinajstić information content (AvgIpc) is 2.84. The molecule has 2 aliphatic carbocycles. The second-order valence-corrected chi connectivity index (χ2v) is 7.77. The Kier molecular flexibility index (Phi) is 6.14. The van der Waals surface area contributed by atoms with Gasteiger partial charge in [-0.3, -0.25) is 4.79 Å². The first-order valence-electron chi connectivity index (χ1n) is 9.11. The lowest BCUT2D eigenvalue weighted by atomic mass is 9.95. The summed E-state index contributed by atoms with van der Waals surface area (Å²) in [6.45, 7) is 0. The molecule has 1 saturated carbocycles. The van der Waals surface area contributed by atoms with Crippen LogP contribution in [0, 0.1) is 11.3 Å². The van der Waals surface area contributed by atoms with E-state index in [1.807, 2.05) is 6.07 Å². The fourth-order valence-electron chi connectivity index (χ4n) is 3.63. The smallest absolute Gasteiger partial charge is 0.230 e. The molecule has 1 aromatic heterocycles. The molecule has 0 atom stereocenters. The number of aromatic nitrogens is 1. The largest absolute Gasteiger partial charge is 0.353 e. The topological polar surface area (TPSA) is 65.8 Å². The lowest BCUT2D eigenvalue weighted by Crippen LogP contribution is -2.37. The monoisotopic (exact) mass is 343 g/mol. The van der Waals surface area contributed by atoms with E-state index in [0.717, 1.165) is 42.8 Å². The van der Waals surface area contributed by atoms with Gasteiger partial charge in [-0.15, -0.1) is 0 Å². The number of carbonyl (C=O) groups is 1. The molecule has 3 rings (SSSR count). The fourth-order valence-corrected chi connectivity index (χ4v) is 4.42. The Morgan fingerprint density at radius 3 is 2.75 bits per heavy atom. The van der Waals surface area contributed by atoms with Crippen molar-refractivity contribution in [2.24, 2.45) is 0 Å². The van der Waals surface area contributed by atoms with Crippen LogP contribution in [-0.4, -0.2) is 22.7 Å². The summed E-state index contributed by atoms with van der Waals surface area (Å²) in [7, 11) is 0. The predicted molar refractivity (Wildman–Crippen MR) is 96.0 cm³/mol. The van der Waals surface area contributed by atoms with Gasteiger partial charge in [0.15, 0.2) is 0 Å². The van der Waals surface area contributed by atoms with Crippen LogP contribution in [0.5, 0.6) is 0 Å². The minimum atomic E-state index is 0.0625. The number of amides is 1. The first kappa shape index (κ1) is 17.3. The van der Waals surface area contributed by atoms with Crippen LogP contribution in [0.2, 0.25) is 0 Å². The van der Waals surface area contributed by atoms with Crippen LogP contribution in [-0.2, 0) is 17.6 Å². The molecule has 24 heavy (non-hydrogen) atoms. The summed E-state index contributed by atoms with van der Waals surface area (Å²) in [5.41, 5.74) is 2.97. The zero-order valence-electron chi connectivity index (χ0n) is 14.1. The Hall–Kier alpha value is -1.54. The van der Waals surface area contributed by atoms with Crippen LogP contribution in [0.3, 0.4) is 0 Å². The highest BCUT2D eigenvalue weighted by atomic mass is 32.2. The van der Waals surface area contributed by atoms with Crippen molar-refractivity contribution in [2.45, 2.75) is 75.3 Å². The van der Waals surface area contributed by atoms with Crippen molar-refractivity contribution in [2.75, 3.05) is 5.75 Å². The average molecular weight is 343 g/mol. The quantitative estimate of drug-likeness (QED) is 0.668. The maximum atomic E-state index is 12.2. The summed E-state index contributed by atoms with van der Waals surface area (Å²) in [4.78, 5) is 16.9. The molecule has 1 N–H and O–H groups in total. The number of thioether (sulfide) groups is 1. The Morgan fingerprint density at radius 2 is 1.96 bits per heavy atom. The Balaban J connectivity index is 1.62. The molecule has 0 spiro atoms. The molecule has 4 nitrogen and oxygen atoms in total. The van der Waals surface area contributed by atoms with E-state index in [2.05, 4.69) is 11.4 Å². The van der Waals surface area contributed by atoms with Crippen LogP contribution in [0.1, 0.15) is 68.2 Å². The van der Waals surface area contributed by atoms with E-state index in [1.54, 1.807) is 0 Å². The van der Waals surface area contributed by atoms with E-state index in [-0.39, 0.29) is 5.91 Å². The van der Waals surface area contributed by atoms with E-state index in [9.17, 15) is 10.1 Å². The minimum absolute atomic E-state index is 0.0625. The number of aryl methyl sites for hydroxylation is 2. The lowest BCUT2D eigenvalue weighted by Gasteiger charge is -2.22. The second-order valence-electron chi connectivity index (χ2n) is 6.81. The molecule has 0 aromatic carbocycles. The predicted octanol–water partition coefficient (Wildman–Crippen LogP) is 3.76. The number of fused-ring (bicyclic) bond motifs is 1. The molecule has 5 heteroatoms. The number of rotatable bonds is 4. The summed E-state index contributed by atoms with van der Waals surface area (Å²) in [6.07, 6.45) is 11.5. The van der Waals surface area contributed by atoms with Crippen LogP contribution < -0.4 is 5.32 Å². The van der Waals surface area contributed by atoms with Gasteiger partial charge in [-0.05, 0) is 50.2 Å². The van der Waals surface area contributed by atoms with Gasteiger partial charge in [-0.1, -0.05) is 37.4 Å². The number of nitrogens with one attached hydrogen (secondary N) is 1. The Labute approximate surface area is 148 Å². The minimum Gasteiger partial charge on any atom is -0.353 e. The van der Waals surface area contributed by atoms with Crippen LogP contribution in [0.4, 0.5) is 0 Å². The lowest BCUT2D eigenvalue weighted by molar-refractivity contribution is -0.119. The van der Waals surface area contributed by atoms with Crippen molar-refractivity contribution in [1.82, 2.24) is 10.3 Å². The molecule has 1 aromatic rings. The highest BCUT2D eigenvalue weighted by molar-refractivity contribution is 8.00. The van der Waals surface area contributed by atoms with E-state index < -0.39 is 0 Å². The molecule has 0 saturated heterocycles. The van der Waals surface area contributed by atoms with Crippen molar-refractivity contribution < 1.29 is 4.79 Å². The van der Waals surface area contributed by atoms with Gasteiger partial charge in [0, 0.05) is 11.7 Å². The third-order valence-electron chi connectivity index (χ3n) is 4.95. The van der Waals surface area contributed by atoms with Gasteiger partial charge in [0.2, 0.25) is 5.91 Å². The van der Waals surface area contributed by atoms with Crippen molar-refractivity contribution >= 4 is 17.7 Å². The number of nitriles is 1. The van der Waals surface area contributed by atoms with Crippen LogP contribution in [0.15, 0.2) is 11.1 Å². The first-order chi connectivity index (χ1) is 11.8. The van der Waals surface area contributed by atoms with Gasteiger partial charge < -0.3 is 5.32 Å². The molecule has 128 valence electrons. The SMILES string of the molecule is N#Cc1cc2c(nc1SCC(=O)NC1CCCCC1)CCCCC2. The summed E-state index contributed by atoms with van der Waals surface area (Å²) < 4.78 is 0. The van der Waals surface area contributed by atoms with Crippen molar-refractivity contribution in [3.05, 3.63) is 22.9 Å². The molecular formula is C19H25N3OS. The van der Waals surface area contributed by atoms with E-state index in [1.165, 1.54) is 49.4 Å². The van der Waals surface area contributed by atoms with Crippen LogP contribution >= 0.6 is 11.8 Å². The molecule has 1 heterocycles. The van der Waals surface area contributed by atoms with Gasteiger partial charge in [0.25, 0.3) is 0 Å². The van der Waals surface area contributed by atoms with Crippen molar-refractivity contribution in [1.29, 1.82) is 5.26 Å². The highest BCUT2D eigenvalue weighted by Gasteiger charge is 2.18. The normalized spacial score (nSPS) is 18.3. The first-order valence-corrected chi connectivity index (χ1v) is 10.1. The number of carbonyl (C=O) groups excluding carboxylic acids is 1. The molecule has 0 aliphatic heterocycles. The molecule has 0 unspecified atom stereocenters. The highest BCUT2D eigenvalue weighted by Crippen LogP contribution is 2.27. The van der Waals surface area contributed by atoms with Gasteiger partial charge in [0.1, 0.15) is 11.1 Å². The number of hydrogen-bond acceptors (Lipinski definition) is 4. The number of pyridine rings is 1. The van der Waals surface area contributed by atoms with E-state index in [0.29, 0.717) is 17.4 Å². The summed E-state index contributed by atoms with van der Waals surface area (Å²) in [5.74, 6) is 0.407. The third kappa shape index (κ3) is 4.51. The van der Waals surface area contributed by atoms with Crippen molar-refractivity contribution in [3.8, 4) is 6.07 Å². The van der Waals surface area contributed by atoms with Crippen LogP contribution in [0.25, 0.3) is 0 Å². The number of hydrogen-bond donors (Lipinski definition) is 1. The molecule has 1 amide bonds. The molecule has 0 bridgehead atoms.